The van der Waals surface area contributed by atoms with Crippen molar-refractivity contribution < 1.29 is 4.74 Å². The highest BCUT2D eigenvalue weighted by Crippen LogP contribution is 2.30. The number of rotatable bonds is 4. The summed E-state index contributed by atoms with van der Waals surface area (Å²) in [6, 6.07) is 9.62. The second-order valence-electron chi connectivity index (χ2n) is 3.43. The molecule has 1 aromatic heterocycles. The second-order valence-corrected chi connectivity index (χ2v) is 6.38. The van der Waals surface area contributed by atoms with E-state index in [-0.39, 0.29) is 0 Å². The van der Waals surface area contributed by atoms with Gasteiger partial charge in [0.15, 0.2) is 0 Å². The molecular weight excluding hydrogens is 322 g/mol. The van der Waals surface area contributed by atoms with Gasteiger partial charge in [0.05, 0.1) is 8.81 Å². The SMILES string of the molecule is NCc1cccc(Cl)c1OCc1ccc(Br)s1. The maximum absolute atomic E-state index is 6.09. The minimum absolute atomic E-state index is 0.421. The fourth-order valence-electron chi connectivity index (χ4n) is 1.45. The van der Waals surface area contributed by atoms with Gasteiger partial charge in [0.1, 0.15) is 12.4 Å². The lowest BCUT2D eigenvalue weighted by molar-refractivity contribution is 0.307. The molecule has 0 aliphatic carbocycles. The van der Waals surface area contributed by atoms with E-state index in [1.165, 1.54) is 0 Å². The standard InChI is InChI=1S/C12H11BrClNOS/c13-11-5-4-9(17-11)7-16-12-8(6-15)2-1-3-10(12)14/h1-5H,6-7,15H2. The van der Waals surface area contributed by atoms with Crippen LogP contribution < -0.4 is 10.5 Å². The van der Waals surface area contributed by atoms with Crippen molar-refractivity contribution in [1.82, 2.24) is 0 Å². The molecule has 0 fully saturated rings. The Morgan fingerprint density at radius 1 is 1.29 bits per heavy atom. The Hall–Kier alpha value is -0.550. The Balaban J connectivity index is 2.13. The van der Waals surface area contributed by atoms with Crippen molar-refractivity contribution >= 4 is 38.9 Å². The quantitative estimate of drug-likeness (QED) is 0.910. The average molecular weight is 333 g/mol. The number of hydrogen-bond donors (Lipinski definition) is 1. The lowest BCUT2D eigenvalue weighted by Crippen LogP contribution is -2.02. The molecule has 90 valence electrons. The largest absolute Gasteiger partial charge is 0.486 e. The molecule has 2 rings (SSSR count). The van der Waals surface area contributed by atoms with Crippen LogP contribution in [-0.4, -0.2) is 0 Å². The molecule has 2 nitrogen and oxygen atoms in total. The molecule has 0 aliphatic rings. The summed E-state index contributed by atoms with van der Waals surface area (Å²) in [5.74, 6) is 0.682. The first kappa shape index (κ1) is 12.9. The third-order valence-electron chi connectivity index (χ3n) is 2.26. The lowest BCUT2D eigenvalue weighted by Gasteiger charge is -2.11. The molecule has 0 amide bonds. The highest BCUT2D eigenvalue weighted by molar-refractivity contribution is 9.11. The minimum atomic E-state index is 0.421. The van der Waals surface area contributed by atoms with Crippen molar-refractivity contribution in [2.75, 3.05) is 0 Å². The van der Waals surface area contributed by atoms with Gasteiger partial charge in [0.25, 0.3) is 0 Å². The number of para-hydroxylation sites is 1. The van der Waals surface area contributed by atoms with Crippen LogP contribution >= 0.6 is 38.9 Å². The molecule has 5 heteroatoms. The number of halogens is 2. The molecule has 2 aromatic rings. The smallest absolute Gasteiger partial charge is 0.142 e. The third kappa shape index (κ3) is 3.22. The fourth-order valence-corrected chi connectivity index (χ4v) is 3.09. The molecule has 0 aliphatic heterocycles. The topological polar surface area (TPSA) is 35.2 Å². The van der Waals surface area contributed by atoms with Gasteiger partial charge >= 0.3 is 0 Å². The minimum Gasteiger partial charge on any atom is -0.486 e. The second kappa shape index (κ2) is 5.87. The first-order valence-electron chi connectivity index (χ1n) is 5.05. The first-order valence-corrected chi connectivity index (χ1v) is 7.04. The molecule has 17 heavy (non-hydrogen) atoms. The van der Waals surface area contributed by atoms with Crippen LogP contribution in [0.2, 0.25) is 5.02 Å². The molecule has 0 unspecified atom stereocenters. The van der Waals surface area contributed by atoms with Crippen molar-refractivity contribution in [3.63, 3.8) is 0 Å². The normalized spacial score (nSPS) is 10.5. The van der Waals surface area contributed by atoms with Crippen molar-refractivity contribution in [1.29, 1.82) is 0 Å². The zero-order valence-corrected chi connectivity index (χ0v) is 12.1. The van der Waals surface area contributed by atoms with Gasteiger partial charge in [-0.15, -0.1) is 11.3 Å². The molecule has 0 atom stereocenters. The van der Waals surface area contributed by atoms with Crippen molar-refractivity contribution in [2.45, 2.75) is 13.2 Å². The van der Waals surface area contributed by atoms with Gasteiger partial charge in [-0.05, 0) is 34.1 Å². The van der Waals surface area contributed by atoms with E-state index < -0.39 is 0 Å². The van der Waals surface area contributed by atoms with Gasteiger partial charge < -0.3 is 10.5 Å². The summed E-state index contributed by atoms with van der Waals surface area (Å²) in [6.07, 6.45) is 0. The first-order chi connectivity index (χ1) is 8.20. The molecule has 0 radical (unpaired) electrons. The molecule has 0 saturated carbocycles. The summed E-state index contributed by atoms with van der Waals surface area (Å²) in [6.45, 7) is 0.928. The Morgan fingerprint density at radius 3 is 2.76 bits per heavy atom. The van der Waals surface area contributed by atoms with Gasteiger partial charge in [-0.1, -0.05) is 23.7 Å². The average Bonchev–Trinajstić information content (AvgIpc) is 2.73. The van der Waals surface area contributed by atoms with Crippen LogP contribution in [0.15, 0.2) is 34.1 Å². The van der Waals surface area contributed by atoms with Gasteiger partial charge in [0, 0.05) is 17.0 Å². The van der Waals surface area contributed by atoms with Crippen LogP contribution in [0.5, 0.6) is 5.75 Å². The zero-order valence-electron chi connectivity index (χ0n) is 8.95. The van der Waals surface area contributed by atoms with Crippen molar-refractivity contribution in [2.24, 2.45) is 5.73 Å². The monoisotopic (exact) mass is 331 g/mol. The summed E-state index contributed by atoms with van der Waals surface area (Å²) in [7, 11) is 0. The lowest BCUT2D eigenvalue weighted by atomic mass is 10.2. The molecule has 0 spiro atoms. The van der Waals surface area contributed by atoms with Gasteiger partial charge in [-0.2, -0.15) is 0 Å². The van der Waals surface area contributed by atoms with Crippen molar-refractivity contribution in [3.05, 3.63) is 49.6 Å². The molecule has 0 bridgehead atoms. The molecular formula is C12H11BrClNOS. The van der Waals surface area contributed by atoms with Gasteiger partial charge in [0.2, 0.25) is 0 Å². The van der Waals surface area contributed by atoms with E-state index in [1.54, 1.807) is 17.4 Å². The van der Waals surface area contributed by atoms with Crippen LogP contribution in [0.25, 0.3) is 0 Å². The maximum atomic E-state index is 6.09. The summed E-state index contributed by atoms with van der Waals surface area (Å²) >= 11 is 11.2. The van der Waals surface area contributed by atoms with E-state index in [4.69, 9.17) is 22.1 Å². The summed E-state index contributed by atoms with van der Waals surface area (Å²) < 4.78 is 6.83. The highest BCUT2D eigenvalue weighted by atomic mass is 79.9. The molecule has 1 heterocycles. The van der Waals surface area contributed by atoms with Gasteiger partial charge in [-0.3, -0.25) is 0 Å². The summed E-state index contributed by atoms with van der Waals surface area (Å²) in [5, 5.41) is 0.601. The number of thiophene rings is 1. The molecule has 2 N–H and O–H groups in total. The van der Waals surface area contributed by atoms with Crippen molar-refractivity contribution in [3.8, 4) is 5.75 Å². The fraction of sp³-hybridized carbons (Fsp3) is 0.167. The van der Waals surface area contributed by atoms with E-state index >= 15 is 0 Å². The van der Waals surface area contributed by atoms with Crippen LogP contribution in [0.3, 0.4) is 0 Å². The Bertz CT molecular complexity index is 515. The Morgan fingerprint density at radius 2 is 2.12 bits per heavy atom. The van der Waals surface area contributed by atoms with Crippen LogP contribution in [0, 0.1) is 0 Å². The van der Waals surface area contributed by atoms with E-state index in [2.05, 4.69) is 15.9 Å². The number of hydrogen-bond acceptors (Lipinski definition) is 3. The highest BCUT2D eigenvalue weighted by Gasteiger charge is 2.08. The van der Waals surface area contributed by atoms with Gasteiger partial charge in [-0.25, -0.2) is 0 Å². The molecule has 0 saturated heterocycles. The number of benzene rings is 1. The Labute approximate surface area is 117 Å². The van der Waals surface area contributed by atoms with Crippen LogP contribution in [-0.2, 0) is 13.2 Å². The summed E-state index contributed by atoms with van der Waals surface area (Å²) in [4.78, 5) is 1.14. The van der Waals surface area contributed by atoms with E-state index in [9.17, 15) is 0 Å². The predicted molar refractivity (Wildman–Crippen MR) is 75.7 cm³/mol. The third-order valence-corrected chi connectivity index (χ3v) is 4.15. The van der Waals surface area contributed by atoms with E-state index in [0.29, 0.717) is 23.9 Å². The Kier molecular flexibility index (Phi) is 4.45. The maximum Gasteiger partial charge on any atom is 0.142 e. The number of nitrogens with two attached hydrogens (primary N) is 1. The van der Waals surface area contributed by atoms with E-state index in [0.717, 1.165) is 14.2 Å². The summed E-state index contributed by atoms with van der Waals surface area (Å²) in [5.41, 5.74) is 6.57. The predicted octanol–water partition coefficient (Wildman–Crippen LogP) is 4.20. The number of ether oxygens (including phenoxy) is 1. The van der Waals surface area contributed by atoms with Crippen LogP contribution in [0.4, 0.5) is 0 Å². The molecule has 1 aromatic carbocycles. The van der Waals surface area contributed by atoms with Crippen LogP contribution in [0.1, 0.15) is 10.4 Å². The zero-order chi connectivity index (χ0) is 12.3. The van der Waals surface area contributed by atoms with E-state index in [1.807, 2.05) is 24.3 Å².